The Morgan fingerprint density at radius 3 is 2.81 bits per heavy atom. The molecule has 2 saturated heterocycles. The Morgan fingerprint density at radius 2 is 2.10 bits per heavy atom. The summed E-state index contributed by atoms with van der Waals surface area (Å²) < 4.78 is 0. The predicted molar refractivity (Wildman–Crippen MR) is 85.0 cm³/mol. The van der Waals surface area contributed by atoms with Gasteiger partial charge in [-0.25, -0.2) is 0 Å². The van der Waals surface area contributed by atoms with Crippen molar-refractivity contribution in [1.29, 1.82) is 0 Å². The van der Waals surface area contributed by atoms with Crippen LogP contribution in [0.4, 0.5) is 0 Å². The molecule has 21 heavy (non-hydrogen) atoms. The van der Waals surface area contributed by atoms with E-state index in [0.29, 0.717) is 17.9 Å². The Hall–Kier alpha value is -1.35. The van der Waals surface area contributed by atoms with Gasteiger partial charge in [0, 0.05) is 19.1 Å². The molecule has 2 aliphatic rings. The summed E-state index contributed by atoms with van der Waals surface area (Å²) in [6, 6.07) is 11.0. The summed E-state index contributed by atoms with van der Waals surface area (Å²) >= 11 is 0. The molecule has 3 rings (SSSR count). The van der Waals surface area contributed by atoms with Gasteiger partial charge in [0.25, 0.3) is 0 Å². The first-order chi connectivity index (χ1) is 10.3. The standard InChI is InChI=1S/C18H26N2O/c1-14-16(12-15-6-3-2-4-7-15)9-11-20(14)18(21)17-8-5-10-19-13-17/h2-4,6-7,14,16-17,19H,5,8-13H2,1H3/t14-,16+,17+/m1/s1. The molecular weight excluding hydrogens is 260 g/mol. The van der Waals surface area contributed by atoms with Gasteiger partial charge >= 0.3 is 0 Å². The van der Waals surface area contributed by atoms with Crippen LogP contribution in [-0.2, 0) is 11.2 Å². The maximum absolute atomic E-state index is 12.7. The van der Waals surface area contributed by atoms with E-state index in [2.05, 4.69) is 47.5 Å². The molecule has 0 aromatic heterocycles. The first-order valence-electron chi connectivity index (χ1n) is 8.31. The third-order valence-electron chi connectivity index (χ3n) is 5.18. The van der Waals surface area contributed by atoms with Gasteiger partial charge in [-0.3, -0.25) is 4.79 Å². The molecule has 1 amide bonds. The van der Waals surface area contributed by atoms with Crippen molar-refractivity contribution in [3.05, 3.63) is 35.9 Å². The summed E-state index contributed by atoms with van der Waals surface area (Å²) in [5.41, 5.74) is 1.39. The zero-order chi connectivity index (χ0) is 14.7. The van der Waals surface area contributed by atoms with E-state index in [1.807, 2.05) is 0 Å². The summed E-state index contributed by atoms with van der Waals surface area (Å²) in [6.45, 7) is 5.10. The molecule has 2 fully saturated rings. The number of rotatable bonds is 3. The van der Waals surface area contributed by atoms with E-state index in [1.54, 1.807) is 0 Å². The third kappa shape index (κ3) is 3.29. The van der Waals surface area contributed by atoms with Crippen molar-refractivity contribution in [2.45, 2.75) is 38.6 Å². The molecule has 0 aliphatic carbocycles. The molecule has 0 radical (unpaired) electrons. The molecule has 1 aromatic carbocycles. The van der Waals surface area contributed by atoms with Crippen molar-refractivity contribution in [2.24, 2.45) is 11.8 Å². The first kappa shape index (κ1) is 14.6. The number of carbonyl (C=O) groups excluding carboxylic acids is 1. The second kappa shape index (κ2) is 6.61. The van der Waals surface area contributed by atoms with Crippen LogP contribution in [-0.4, -0.2) is 36.5 Å². The maximum atomic E-state index is 12.7. The Labute approximate surface area is 127 Å². The van der Waals surface area contributed by atoms with E-state index in [0.717, 1.165) is 45.3 Å². The van der Waals surface area contributed by atoms with Crippen LogP contribution in [0.5, 0.6) is 0 Å². The first-order valence-corrected chi connectivity index (χ1v) is 8.31. The van der Waals surface area contributed by atoms with Gasteiger partial charge in [0.2, 0.25) is 5.91 Å². The number of nitrogens with zero attached hydrogens (tertiary/aromatic N) is 1. The van der Waals surface area contributed by atoms with Crippen LogP contribution in [0.3, 0.4) is 0 Å². The quantitative estimate of drug-likeness (QED) is 0.926. The lowest BCUT2D eigenvalue weighted by Crippen LogP contribution is -2.45. The van der Waals surface area contributed by atoms with Gasteiger partial charge < -0.3 is 10.2 Å². The minimum absolute atomic E-state index is 0.205. The van der Waals surface area contributed by atoms with E-state index < -0.39 is 0 Å². The Morgan fingerprint density at radius 1 is 1.29 bits per heavy atom. The molecule has 2 heterocycles. The number of piperidine rings is 1. The van der Waals surface area contributed by atoms with Crippen LogP contribution in [0.2, 0.25) is 0 Å². The predicted octanol–water partition coefficient (Wildman–Crippen LogP) is 2.47. The second-order valence-corrected chi connectivity index (χ2v) is 6.55. The molecule has 3 heteroatoms. The van der Waals surface area contributed by atoms with Crippen LogP contribution in [0.15, 0.2) is 30.3 Å². The van der Waals surface area contributed by atoms with Crippen molar-refractivity contribution in [3.63, 3.8) is 0 Å². The lowest BCUT2D eigenvalue weighted by Gasteiger charge is -2.31. The van der Waals surface area contributed by atoms with E-state index >= 15 is 0 Å². The monoisotopic (exact) mass is 286 g/mol. The Kier molecular flexibility index (Phi) is 4.59. The molecular formula is C18H26N2O. The highest BCUT2D eigenvalue weighted by molar-refractivity contribution is 5.79. The summed E-state index contributed by atoms with van der Waals surface area (Å²) in [5.74, 6) is 1.19. The summed E-state index contributed by atoms with van der Waals surface area (Å²) in [7, 11) is 0. The fourth-order valence-corrected chi connectivity index (χ4v) is 3.80. The second-order valence-electron chi connectivity index (χ2n) is 6.55. The minimum atomic E-state index is 0.205. The molecule has 0 bridgehead atoms. The third-order valence-corrected chi connectivity index (χ3v) is 5.18. The largest absolute Gasteiger partial charge is 0.339 e. The maximum Gasteiger partial charge on any atom is 0.227 e. The molecule has 0 saturated carbocycles. The van der Waals surface area contributed by atoms with Crippen molar-refractivity contribution in [3.8, 4) is 0 Å². The number of likely N-dealkylation sites (tertiary alicyclic amines) is 1. The summed E-state index contributed by atoms with van der Waals surface area (Å²) in [6.07, 6.45) is 4.42. The van der Waals surface area contributed by atoms with Gasteiger partial charge in [-0.05, 0) is 50.6 Å². The van der Waals surface area contributed by atoms with Gasteiger partial charge in [-0.1, -0.05) is 30.3 Å². The normalized spacial score (nSPS) is 29.6. The number of amides is 1. The topological polar surface area (TPSA) is 32.3 Å². The molecule has 3 nitrogen and oxygen atoms in total. The van der Waals surface area contributed by atoms with Crippen LogP contribution >= 0.6 is 0 Å². The lowest BCUT2D eigenvalue weighted by atomic mass is 9.92. The van der Waals surface area contributed by atoms with E-state index in [4.69, 9.17) is 0 Å². The highest BCUT2D eigenvalue weighted by Crippen LogP contribution is 2.29. The average molecular weight is 286 g/mol. The van der Waals surface area contributed by atoms with E-state index in [9.17, 15) is 4.79 Å². The number of carbonyl (C=O) groups is 1. The zero-order valence-corrected chi connectivity index (χ0v) is 12.9. The molecule has 1 aromatic rings. The SMILES string of the molecule is C[C@@H]1[C@H](Cc2ccccc2)CCN1C(=O)[C@H]1CCCNC1. The van der Waals surface area contributed by atoms with Crippen LogP contribution in [0.25, 0.3) is 0 Å². The fourth-order valence-electron chi connectivity index (χ4n) is 3.80. The molecule has 3 atom stereocenters. The minimum Gasteiger partial charge on any atom is -0.339 e. The van der Waals surface area contributed by atoms with Gasteiger partial charge in [0.05, 0.1) is 5.92 Å². The number of hydrogen-bond acceptors (Lipinski definition) is 2. The molecule has 0 spiro atoms. The smallest absolute Gasteiger partial charge is 0.227 e. The molecule has 1 N–H and O–H groups in total. The lowest BCUT2D eigenvalue weighted by molar-refractivity contribution is -0.136. The fraction of sp³-hybridized carbons (Fsp3) is 0.611. The average Bonchev–Trinajstić information content (AvgIpc) is 2.89. The van der Waals surface area contributed by atoms with Crippen LogP contribution < -0.4 is 5.32 Å². The van der Waals surface area contributed by atoms with Crippen LogP contribution in [0, 0.1) is 11.8 Å². The van der Waals surface area contributed by atoms with Crippen molar-refractivity contribution in [1.82, 2.24) is 10.2 Å². The van der Waals surface area contributed by atoms with Crippen molar-refractivity contribution in [2.75, 3.05) is 19.6 Å². The molecule has 2 aliphatic heterocycles. The van der Waals surface area contributed by atoms with E-state index in [1.165, 1.54) is 5.56 Å². The van der Waals surface area contributed by atoms with Crippen molar-refractivity contribution >= 4 is 5.91 Å². The number of nitrogens with one attached hydrogen (secondary N) is 1. The van der Waals surface area contributed by atoms with E-state index in [-0.39, 0.29) is 5.92 Å². The Balaban J connectivity index is 1.60. The van der Waals surface area contributed by atoms with Crippen molar-refractivity contribution < 1.29 is 4.79 Å². The summed E-state index contributed by atoms with van der Waals surface area (Å²) in [4.78, 5) is 14.8. The van der Waals surface area contributed by atoms with Gasteiger partial charge in [0.1, 0.15) is 0 Å². The molecule has 0 unspecified atom stereocenters. The molecule has 114 valence electrons. The highest BCUT2D eigenvalue weighted by Gasteiger charge is 2.36. The van der Waals surface area contributed by atoms with Gasteiger partial charge in [0.15, 0.2) is 0 Å². The van der Waals surface area contributed by atoms with Gasteiger partial charge in [-0.2, -0.15) is 0 Å². The van der Waals surface area contributed by atoms with Crippen LogP contribution in [0.1, 0.15) is 31.7 Å². The number of hydrogen-bond donors (Lipinski definition) is 1. The van der Waals surface area contributed by atoms with Gasteiger partial charge in [-0.15, -0.1) is 0 Å². The summed E-state index contributed by atoms with van der Waals surface area (Å²) in [5, 5.41) is 3.36. The zero-order valence-electron chi connectivity index (χ0n) is 12.9. The number of benzene rings is 1. The Bertz CT molecular complexity index is 467. The highest BCUT2D eigenvalue weighted by atomic mass is 16.2.